The molecule has 0 radical (unpaired) electrons. The monoisotopic (exact) mass is 284 g/mol. The molecule has 3 rings (SSSR count). The zero-order valence-corrected chi connectivity index (χ0v) is 11.6. The summed E-state index contributed by atoms with van der Waals surface area (Å²) in [4.78, 5) is 1.05. The lowest BCUT2D eigenvalue weighted by Gasteiger charge is -2.00. The average molecular weight is 284 g/mol. The van der Waals surface area contributed by atoms with E-state index in [0.29, 0.717) is 0 Å². The molecule has 0 atom stereocenters. The molecule has 1 heterocycles. The Morgan fingerprint density at radius 2 is 1.75 bits per heavy atom. The van der Waals surface area contributed by atoms with Crippen molar-refractivity contribution in [3.8, 4) is 5.69 Å². The van der Waals surface area contributed by atoms with E-state index in [4.69, 9.17) is 0 Å². The van der Waals surface area contributed by atoms with Gasteiger partial charge in [-0.25, -0.2) is 9.07 Å². The van der Waals surface area contributed by atoms with Crippen LogP contribution in [0.4, 0.5) is 4.39 Å². The van der Waals surface area contributed by atoms with Gasteiger partial charge < -0.3 is 0 Å². The van der Waals surface area contributed by atoms with Crippen LogP contribution in [0.25, 0.3) is 5.69 Å². The number of nitrogens with zero attached hydrogens (tertiary/aromatic N) is 2. The zero-order valence-electron chi connectivity index (χ0n) is 10.7. The topological polar surface area (TPSA) is 17.8 Å². The van der Waals surface area contributed by atoms with E-state index < -0.39 is 0 Å². The number of rotatable bonds is 4. The average Bonchev–Trinajstić information content (AvgIpc) is 2.97. The molecule has 0 unspecified atom stereocenters. The molecule has 0 fully saturated rings. The first-order chi connectivity index (χ1) is 9.81. The number of aromatic nitrogens is 2. The minimum absolute atomic E-state index is 0.203. The quantitative estimate of drug-likeness (QED) is 0.665. The normalized spacial score (nSPS) is 10.7. The molecule has 0 aliphatic carbocycles. The maximum absolute atomic E-state index is 12.8. The van der Waals surface area contributed by atoms with E-state index in [1.54, 1.807) is 23.9 Å². The van der Waals surface area contributed by atoms with Crippen LogP contribution in [-0.4, -0.2) is 9.78 Å². The second kappa shape index (κ2) is 5.92. The summed E-state index contributed by atoms with van der Waals surface area (Å²) in [5, 5.41) is 4.36. The summed E-state index contributed by atoms with van der Waals surface area (Å²) in [7, 11) is 0. The van der Waals surface area contributed by atoms with Gasteiger partial charge in [0, 0.05) is 22.4 Å². The molecule has 0 aliphatic heterocycles. The summed E-state index contributed by atoms with van der Waals surface area (Å²) in [5.41, 5.74) is 2.19. The van der Waals surface area contributed by atoms with Crippen molar-refractivity contribution in [2.45, 2.75) is 10.6 Å². The Hall–Kier alpha value is -2.07. The van der Waals surface area contributed by atoms with Gasteiger partial charge in [-0.15, -0.1) is 11.8 Å². The molecule has 0 spiro atoms. The summed E-state index contributed by atoms with van der Waals surface area (Å²) < 4.78 is 14.7. The number of hydrogen-bond donors (Lipinski definition) is 0. The number of halogens is 1. The highest BCUT2D eigenvalue weighted by Gasteiger charge is 2.02. The predicted octanol–water partition coefficient (Wildman–Crippen LogP) is 4.30. The highest BCUT2D eigenvalue weighted by atomic mass is 32.2. The Morgan fingerprint density at radius 1 is 1.00 bits per heavy atom. The van der Waals surface area contributed by atoms with Gasteiger partial charge in [0.1, 0.15) is 5.82 Å². The van der Waals surface area contributed by atoms with Gasteiger partial charge in [0.2, 0.25) is 0 Å². The third kappa shape index (κ3) is 3.08. The van der Waals surface area contributed by atoms with E-state index in [-0.39, 0.29) is 5.82 Å². The first-order valence-electron chi connectivity index (χ1n) is 6.28. The molecule has 2 aromatic carbocycles. The van der Waals surface area contributed by atoms with Crippen molar-refractivity contribution < 1.29 is 4.39 Å². The first kappa shape index (κ1) is 12.9. The van der Waals surface area contributed by atoms with Crippen molar-refractivity contribution in [3.63, 3.8) is 0 Å². The minimum atomic E-state index is -0.203. The molecule has 4 heteroatoms. The van der Waals surface area contributed by atoms with E-state index in [1.807, 2.05) is 47.4 Å². The highest BCUT2D eigenvalue weighted by Crippen LogP contribution is 2.23. The Morgan fingerprint density at radius 3 is 2.50 bits per heavy atom. The molecule has 0 saturated carbocycles. The van der Waals surface area contributed by atoms with Crippen molar-refractivity contribution >= 4 is 11.8 Å². The molecule has 100 valence electrons. The van der Waals surface area contributed by atoms with Gasteiger partial charge in [-0.05, 0) is 36.4 Å². The number of hydrogen-bond acceptors (Lipinski definition) is 2. The van der Waals surface area contributed by atoms with Gasteiger partial charge in [-0.2, -0.15) is 5.10 Å². The van der Waals surface area contributed by atoms with Crippen LogP contribution in [0.15, 0.2) is 71.9 Å². The van der Waals surface area contributed by atoms with E-state index in [1.165, 1.54) is 12.1 Å². The van der Waals surface area contributed by atoms with Crippen LogP contribution in [0, 0.1) is 5.82 Å². The lowest BCUT2D eigenvalue weighted by Crippen LogP contribution is -1.92. The number of thioether (sulfide) groups is 1. The molecule has 20 heavy (non-hydrogen) atoms. The van der Waals surface area contributed by atoms with Gasteiger partial charge >= 0.3 is 0 Å². The Labute approximate surface area is 121 Å². The summed E-state index contributed by atoms with van der Waals surface area (Å²) in [6.07, 6.45) is 3.88. The van der Waals surface area contributed by atoms with Crippen LogP contribution in [0.1, 0.15) is 5.56 Å². The van der Waals surface area contributed by atoms with Crippen LogP contribution in [0.5, 0.6) is 0 Å². The third-order valence-corrected chi connectivity index (χ3v) is 3.96. The molecule has 2 nitrogen and oxygen atoms in total. The Bertz CT molecular complexity index is 677. The molecule has 3 aromatic rings. The van der Waals surface area contributed by atoms with E-state index in [0.717, 1.165) is 21.9 Å². The van der Waals surface area contributed by atoms with Crippen LogP contribution in [0.3, 0.4) is 0 Å². The highest BCUT2D eigenvalue weighted by molar-refractivity contribution is 7.98. The lowest BCUT2D eigenvalue weighted by atomic mass is 10.3. The Kier molecular flexibility index (Phi) is 3.83. The van der Waals surface area contributed by atoms with Crippen LogP contribution in [0.2, 0.25) is 0 Å². The largest absolute Gasteiger partial charge is 0.241 e. The first-order valence-corrected chi connectivity index (χ1v) is 7.27. The molecule has 0 amide bonds. The maximum Gasteiger partial charge on any atom is 0.123 e. The van der Waals surface area contributed by atoms with Gasteiger partial charge in [-0.1, -0.05) is 18.2 Å². The Balaban J connectivity index is 1.67. The fourth-order valence-electron chi connectivity index (χ4n) is 1.85. The molecule has 0 bridgehead atoms. The lowest BCUT2D eigenvalue weighted by molar-refractivity contribution is 0.626. The molecule has 0 aliphatic rings. The third-order valence-electron chi connectivity index (χ3n) is 2.88. The van der Waals surface area contributed by atoms with Gasteiger partial charge in [-0.3, -0.25) is 0 Å². The molecule has 1 aromatic heterocycles. The predicted molar refractivity (Wildman–Crippen MR) is 79.5 cm³/mol. The summed E-state index contributed by atoms with van der Waals surface area (Å²) >= 11 is 1.67. The van der Waals surface area contributed by atoms with Crippen molar-refractivity contribution in [2.75, 3.05) is 0 Å². The summed E-state index contributed by atoms with van der Waals surface area (Å²) in [6.45, 7) is 0. The van der Waals surface area contributed by atoms with Gasteiger partial charge in [0.25, 0.3) is 0 Å². The van der Waals surface area contributed by atoms with Crippen molar-refractivity contribution in [1.82, 2.24) is 9.78 Å². The SMILES string of the molecule is Fc1ccc(SCc2cnn(-c3ccccc3)c2)cc1. The summed E-state index contributed by atoms with van der Waals surface area (Å²) in [6, 6.07) is 16.6. The molecule has 0 saturated heterocycles. The second-order valence-corrected chi connectivity index (χ2v) is 5.42. The van der Waals surface area contributed by atoms with E-state index in [9.17, 15) is 4.39 Å². The fourth-order valence-corrected chi connectivity index (χ4v) is 2.66. The number of benzene rings is 2. The maximum atomic E-state index is 12.8. The van der Waals surface area contributed by atoms with E-state index >= 15 is 0 Å². The smallest absolute Gasteiger partial charge is 0.123 e. The zero-order chi connectivity index (χ0) is 13.8. The molecular formula is C16H13FN2S. The van der Waals surface area contributed by atoms with Crippen LogP contribution >= 0.6 is 11.8 Å². The standard InChI is InChI=1S/C16H13FN2S/c17-14-6-8-16(9-7-14)20-12-13-10-18-19(11-13)15-4-2-1-3-5-15/h1-11H,12H2. The minimum Gasteiger partial charge on any atom is -0.241 e. The van der Waals surface area contributed by atoms with Crippen LogP contribution in [-0.2, 0) is 5.75 Å². The fraction of sp³-hybridized carbons (Fsp3) is 0.0625. The summed E-state index contributed by atoms with van der Waals surface area (Å²) in [5.74, 6) is 0.615. The van der Waals surface area contributed by atoms with Crippen molar-refractivity contribution in [3.05, 3.63) is 78.4 Å². The van der Waals surface area contributed by atoms with Gasteiger partial charge in [0.05, 0.1) is 11.9 Å². The van der Waals surface area contributed by atoms with Crippen molar-refractivity contribution in [2.24, 2.45) is 0 Å². The molecule has 0 N–H and O–H groups in total. The number of para-hydroxylation sites is 1. The van der Waals surface area contributed by atoms with Crippen molar-refractivity contribution in [1.29, 1.82) is 0 Å². The van der Waals surface area contributed by atoms with Crippen LogP contribution < -0.4 is 0 Å². The van der Waals surface area contributed by atoms with Gasteiger partial charge in [0.15, 0.2) is 0 Å². The molecular weight excluding hydrogens is 271 g/mol. The second-order valence-electron chi connectivity index (χ2n) is 4.37. The van der Waals surface area contributed by atoms with E-state index in [2.05, 4.69) is 5.10 Å².